The summed E-state index contributed by atoms with van der Waals surface area (Å²) in [4.78, 5) is 11.6. The Morgan fingerprint density at radius 2 is 1.58 bits per heavy atom. The first-order valence-electron chi connectivity index (χ1n) is 8.61. The molecule has 4 N–H and O–H groups in total. The van der Waals surface area contributed by atoms with E-state index in [1.165, 1.54) is 6.42 Å². The second kappa shape index (κ2) is 11.5. The molecule has 0 amide bonds. The number of rotatable bonds is 11. The maximum absolute atomic E-state index is 11.6. The molecule has 0 aliphatic carbocycles. The van der Waals surface area contributed by atoms with Gasteiger partial charge in [-0.05, 0) is 19.3 Å². The molecule has 0 aromatic carbocycles. The number of aliphatic hydroxyl groups is 4. The van der Waals surface area contributed by atoms with Gasteiger partial charge in [-0.15, -0.1) is 6.58 Å². The molecule has 7 heteroatoms. The molecular formula is C17H30O7. The minimum atomic E-state index is -1.62. The summed E-state index contributed by atoms with van der Waals surface area (Å²) in [6.45, 7) is 3.40. The van der Waals surface area contributed by atoms with Crippen LogP contribution in [0.5, 0.6) is 0 Å². The highest BCUT2D eigenvalue weighted by Crippen LogP contribution is 2.20. The standard InChI is InChI=1S/C17H30O7/c1-2-3-4-5-6-7-8-9-10-13(18)23-11-12-14(19)15(20)16(21)17(22)24-12/h2,12,14-17,19-22H,1,3-11H2/t12-,14-,15+,16-,17?/m1/s1. The Kier molecular flexibility index (Phi) is 10.1. The average molecular weight is 346 g/mol. The van der Waals surface area contributed by atoms with Gasteiger partial charge in [-0.3, -0.25) is 4.79 Å². The summed E-state index contributed by atoms with van der Waals surface area (Å²) >= 11 is 0. The number of carbonyl (C=O) groups excluding carboxylic acids is 1. The van der Waals surface area contributed by atoms with Crippen LogP contribution in [-0.2, 0) is 14.3 Å². The summed E-state index contributed by atoms with van der Waals surface area (Å²) in [5.41, 5.74) is 0. The van der Waals surface area contributed by atoms with Gasteiger partial charge in [0, 0.05) is 6.42 Å². The smallest absolute Gasteiger partial charge is 0.305 e. The van der Waals surface area contributed by atoms with Gasteiger partial charge in [0.15, 0.2) is 6.29 Å². The van der Waals surface area contributed by atoms with E-state index in [1.807, 2.05) is 6.08 Å². The van der Waals surface area contributed by atoms with E-state index in [0.717, 1.165) is 38.5 Å². The first-order valence-corrected chi connectivity index (χ1v) is 8.61. The Hall–Kier alpha value is -0.990. The molecule has 0 saturated carbocycles. The van der Waals surface area contributed by atoms with E-state index in [9.17, 15) is 25.2 Å². The SMILES string of the molecule is C=CCCCCCCCCC(=O)OC[C@H]1OC(O)[C@H](O)[C@@H](O)[C@@H]1O. The monoisotopic (exact) mass is 346 g/mol. The average Bonchev–Trinajstić information content (AvgIpc) is 2.57. The lowest BCUT2D eigenvalue weighted by molar-refractivity contribution is -0.287. The largest absolute Gasteiger partial charge is 0.463 e. The quantitative estimate of drug-likeness (QED) is 0.246. The minimum Gasteiger partial charge on any atom is -0.463 e. The van der Waals surface area contributed by atoms with E-state index in [4.69, 9.17) is 9.47 Å². The molecule has 1 unspecified atom stereocenters. The maximum atomic E-state index is 11.6. The van der Waals surface area contributed by atoms with Crippen molar-refractivity contribution in [2.45, 2.75) is 82.1 Å². The summed E-state index contributed by atoms with van der Waals surface area (Å²) in [6, 6.07) is 0. The number of ether oxygens (including phenoxy) is 2. The van der Waals surface area contributed by atoms with Crippen molar-refractivity contribution < 1.29 is 34.7 Å². The van der Waals surface area contributed by atoms with Gasteiger partial charge in [0.05, 0.1) is 0 Å². The minimum absolute atomic E-state index is 0.275. The predicted molar refractivity (Wildman–Crippen MR) is 87.0 cm³/mol. The zero-order chi connectivity index (χ0) is 17.9. The number of esters is 1. The Balaban J connectivity index is 2.10. The normalized spacial score (nSPS) is 30.1. The molecule has 1 aliphatic rings. The molecule has 0 radical (unpaired) electrons. The second-order valence-electron chi connectivity index (χ2n) is 6.17. The van der Waals surface area contributed by atoms with Crippen LogP contribution in [0.25, 0.3) is 0 Å². The zero-order valence-electron chi connectivity index (χ0n) is 14.0. The molecule has 0 aromatic heterocycles. The van der Waals surface area contributed by atoms with Crippen LogP contribution in [0.15, 0.2) is 12.7 Å². The summed E-state index contributed by atoms with van der Waals surface area (Å²) in [6.07, 6.45) is 2.24. The molecule has 1 fully saturated rings. The molecular weight excluding hydrogens is 316 g/mol. The van der Waals surface area contributed by atoms with Gasteiger partial charge in [0.1, 0.15) is 31.0 Å². The van der Waals surface area contributed by atoms with Crippen LogP contribution in [0.2, 0.25) is 0 Å². The fourth-order valence-corrected chi connectivity index (χ4v) is 2.58. The first kappa shape index (κ1) is 21.1. The molecule has 0 aromatic rings. The highest BCUT2D eigenvalue weighted by Gasteiger charge is 2.43. The van der Waals surface area contributed by atoms with Crippen molar-refractivity contribution in [1.82, 2.24) is 0 Å². The molecule has 5 atom stereocenters. The summed E-state index contributed by atoms with van der Waals surface area (Å²) in [5, 5.41) is 38.0. The summed E-state index contributed by atoms with van der Waals surface area (Å²) < 4.78 is 9.94. The van der Waals surface area contributed by atoms with Crippen LogP contribution >= 0.6 is 0 Å². The Morgan fingerprint density at radius 3 is 2.25 bits per heavy atom. The van der Waals surface area contributed by atoms with E-state index in [1.54, 1.807) is 0 Å². The van der Waals surface area contributed by atoms with Crippen molar-refractivity contribution in [1.29, 1.82) is 0 Å². The van der Waals surface area contributed by atoms with Gasteiger partial charge in [-0.2, -0.15) is 0 Å². The highest BCUT2D eigenvalue weighted by atomic mass is 16.6. The number of hydrogen-bond acceptors (Lipinski definition) is 7. The third-order valence-corrected chi connectivity index (χ3v) is 4.13. The summed E-state index contributed by atoms with van der Waals surface area (Å²) in [5.74, 6) is -0.410. The van der Waals surface area contributed by atoms with Gasteiger partial charge < -0.3 is 29.9 Å². The molecule has 140 valence electrons. The van der Waals surface area contributed by atoms with Gasteiger partial charge in [-0.1, -0.05) is 31.8 Å². The van der Waals surface area contributed by atoms with Crippen molar-refractivity contribution in [3.8, 4) is 0 Å². The Bertz CT molecular complexity index is 374. The van der Waals surface area contributed by atoms with E-state index < -0.39 is 36.7 Å². The van der Waals surface area contributed by atoms with Crippen LogP contribution in [0.1, 0.15) is 51.4 Å². The number of allylic oxidation sites excluding steroid dienone is 1. The number of aliphatic hydroxyl groups excluding tert-OH is 4. The van der Waals surface area contributed by atoms with Crippen LogP contribution in [-0.4, -0.2) is 63.7 Å². The molecule has 7 nitrogen and oxygen atoms in total. The summed E-state index contributed by atoms with van der Waals surface area (Å²) in [7, 11) is 0. The third kappa shape index (κ3) is 7.27. The number of unbranched alkanes of at least 4 members (excludes halogenated alkanes) is 6. The zero-order valence-corrected chi connectivity index (χ0v) is 14.0. The molecule has 0 spiro atoms. The molecule has 1 aliphatic heterocycles. The van der Waals surface area contributed by atoms with E-state index in [-0.39, 0.29) is 13.0 Å². The van der Waals surface area contributed by atoms with Crippen LogP contribution in [0.3, 0.4) is 0 Å². The van der Waals surface area contributed by atoms with Crippen molar-refractivity contribution in [2.24, 2.45) is 0 Å². The Morgan fingerprint density at radius 1 is 0.958 bits per heavy atom. The lowest BCUT2D eigenvalue weighted by Crippen LogP contribution is -2.58. The third-order valence-electron chi connectivity index (χ3n) is 4.13. The van der Waals surface area contributed by atoms with Crippen LogP contribution < -0.4 is 0 Å². The van der Waals surface area contributed by atoms with Crippen molar-refractivity contribution in [2.75, 3.05) is 6.61 Å². The van der Waals surface area contributed by atoms with Crippen LogP contribution in [0, 0.1) is 0 Å². The van der Waals surface area contributed by atoms with E-state index in [0.29, 0.717) is 0 Å². The van der Waals surface area contributed by atoms with Crippen molar-refractivity contribution in [3.63, 3.8) is 0 Å². The molecule has 1 rings (SSSR count). The number of carbonyl (C=O) groups is 1. The van der Waals surface area contributed by atoms with Gasteiger partial charge in [0.25, 0.3) is 0 Å². The maximum Gasteiger partial charge on any atom is 0.305 e. The van der Waals surface area contributed by atoms with Gasteiger partial charge >= 0.3 is 5.97 Å². The van der Waals surface area contributed by atoms with Crippen molar-refractivity contribution >= 4 is 5.97 Å². The molecule has 1 heterocycles. The van der Waals surface area contributed by atoms with Crippen LogP contribution in [0.4, 0.5) is 0 Å². The molecule has 24 heavy (non-hydrogen) atoms. The first-order chi connectivity index (χ1) is 11.5. The second-order valence-corrected chi connectivity index (χ2v) is 6.17. The fourth-order valence-electron chi connectivity index (χ4n) is 2.58. The number of hydrogen-bond donors (Lipinski definition) is 4. The van der Waals surface area contributed by atoms with Gasteiger partial charge in [0.2, 0.25) is 0 Å². The van der Waals surface area contributed by atoms with E-state index >= 15 is 0 Å². The highest BCUT2D eigenvalue weighted by molar-refractivity contribution is 5.69. The van der Waals surface area contributed by atoms with Gasteiger partial charge in [-0.25, -0.2) is 0 Å². The lowest BCUT2D eigenvalue weighted by atomic mass is 9.99. The van der Waals surface area contributed by atoms with Crippen molar-refractivity contribution in [3.05, 3.63) is 12.7 Å². The van der Waals surface area contributed by atoms with E-state index in [2.05, 4.69) is 6.58 Å². The lowest BCUT2D eigenvalue weighted by Gasteiger charge is -2.37. The Labute approximate surface area is 142 Å². The molecule has 0 bridgehead atoms. The molecule has 1 saturated heterocycles. The fraction of sp³-hybridized carbons (Fsp3) is 0.824. The predicted octanol–water partition coefficient (Wildman–Crippen LogP) is 0.636. The topological polar surface area (TPSA) is 116 Å².